The van der Waals surface area contributed by atoms with E-state index in [0.717, 1.165) is 34.8 Å². The Balaban J connectivity index is 1.12. The third-order valence-corrected chi connectivity index (χ3v) is 72.4. The molecule has 0 aromatic rings. The average molecular weight is 587 g/mol. The molecular formula is C30H52FeN4P2. The molecule has 0 aliphatic carbocycles. The molecule has 7 heteroatoms. The molecule has 0 bridgehead atoms. The third-order valence-electron chi connectivity index (χ3n) is 22.6. The van der Waals surface area contributed by atoms with Crippen LogP contribution < -0.4 is 21.3 Å². The molecule has 1 spiro atoms. The van der Waals surface area contributed by atoms with Crippen LogP contribution in [0.5, 0.6) is 0 Å². The van der Waals surface area contributed by atoms with Crippen molar-refractivity contribution >= 4 is 17.2 Å². The Morgan fingerprint density at radius 2 is 1.24 bits per heavy atom. The van der Waals surface area contributed by atoms with E-state index in [-0.39, 0.29) is 7.92 Å². The Morgan fingerprint density at radius 3 is 1.59 bits per heavy atom. The summed E-state index contributed by atoms with van der Waals surface area (Å²) >= 11 is 0. The van der Waals surface area contributed by atoms with Crippen LogP contribution in [-0.2, 0) is 6.51 Å². The molecule has 12 aliphatic heterocycles. The maximum absolute atomic E-state index is 4.22. The molecule has 12 aliphatic rings. The quantitative estimate of drug-likeness (QED) is 0.207. The Morgan fingerprint density at radius 1 is 0.757 bits per heavy atom. The average Bonchev–Trinajstić information content (AvgIpc) is 3.86. The van der Waals surface area contributed by atoms with E-state index < -0.39 is 6.51 Å². The number of piperazine rings is 2. The van der Waals surface area contributed by atoms with Crippen LogP contribution in [0.4, 0.5) is 0 Å². The summed E-state index contributed by atoms with van der Waals surface area (Å²) in [6.07, 6.45) is 4.44. The fourth-order valence-electron chi connectivity index (χ4n) is 23.3. The summed E-state index contributed by atoms with van der Waals surface area (Å²) in [5.74, 6) is 0. The molecule has 0 aromatic heterocycles. The normalized spacial score (nSPS) is 75.1. The van der Waals surface area contributed by atoms with E-state index in [1.165, 1.54) is 64.5 Å². The first-order chi connectivity index (χ1) is 17.4. The second-order valence-electron chi connectivity index (χ2n) is 19.2. The van der Waals surface area contributed by atoms with Crippen LogP contribution in [0.3, 0.4) is 0 Å². The van der Waals surface area contributed by atoms with E-state index in [1.54, 1.807) is 6.16 Å². The molecule has 4 N–H and O–H groups in total. The number of nitrogens with one attached hydrogen (secondary N) is 4. The molecular weight excluding hydrogens is 534 g/mol. The van der Waals surface area contributed by atoms with Gasteiger partial charge in [-0.2, -0.15) is 0 Å². The standard InChI is InChI=1S/C25H47N4P2.C5H5.Fe/c1-7-23(3,4)31(24(5,6)8-2)18-19-10-9-11-20(19)25(30,21-16-26-12-14-28-21)22-17-27-13-15-29-22;1-2-4-5-3-1;/h9-11,21-22,26-29H,7-8,12-18,30H2,1-6H3;1-5H;. The molecule has 12 fully saturated rings. The van der Waals surface area contributed by atoms with Crippen molar-refractivity contribution in [2.24, 2.45) is 0 Å². The van der Waals surface area contributed by atoms with E-state index >= 15 is 0 Å². The zero-order chi connectivity index (χ0) is 25.4. The van der Waals surface area contributed by atoms with Gasteiger partial charge in [0.25, 0.3) is 0 Å². The van der Waals surface area contributed by atoms with Gasteiger partial charge in [-0.05, 0) is 0 Å². The van der Waals surface area contributed by atoms with E-state index in [1.807, 2.05) is 0 Å². The first-order valence-corrected chi connectivity index (χ1v) is 24.3. The van der Waals surface area contributed by atoms with Gasteiger partial charge >= 0.3 is 219 Å². The van der Waals surface area contributed by atoms with Gasteiger partial charge in [-0.25, -0.2) is 0 Å². The van der Waals surface area contributed by atoms with E-state index in [2.05, 4.69) is 72.0 Å². The zero-order valence-corrected chi connectivity index (χ0v) is 27.2. The zero-order valence-electron chi connectivity index (χ0n) is 24.0. The van der Waals surface area contributed by atoms with Crippen LogP contribution >= 0.6 is 17.2 Å². The predicted octanol–water partition coefficient (Wildman–Crippen LogP) is 5.71. The van der Waals surface area contributed by atoms with Gasteiger partial charge in [-0.15, -0.1) is 0 Å². The summed E-state index contributed by atoms with van der Waals surface area (Å²) in [6.45, 7) is 19.1. The Labute approximate surface area is 218 Å². The van der Waals surface area contributed by atoms with Crippen LogP contribution in [0.2, 0.25) is 47.2 Å². The van der Waals surface area contributed by atoms with Gasteiger partial charge < -0.3 is 0 Å². The summed E-state index contributed by atoms with van der Waals surface area (Å²) in [6, 6.07) is 1.26. The minimum atomic E-state index is -3.70. The number of fused-ring (bicyclic) bond motifs is 10. The minimum absolute atomic E-state index is 0.0136. The first kappa shape index (κ1) is 21.9. The van der Waals surface area contributed by atoms with Gasteiger partial charge in [0.15, 0.2) is 0 Å². The second-order valence-corrected chi connectivity index (χ2v) is 47.0. The van der Waals surface area contributed by atoms with Gasteiger partial charge in [0.2, 0.25) is 0 Å². The van der Waals surface area contributed by atoms with Crippen molar-refractivity contribution in [3.05, 3.63) is 0 Å². The molecule has 0 saturated carbocycles. The molecule has 0 amide bonds. The van der Waals surface area contributed by atoms with Crippen molar-refractivity contribution in [1.29, 1.82) is 0 Å². The van der Waals surface area contributed by atoms with Crippen molar-refractivity contribution < 1.29 is 6.51 Å². The molecule has 8 unspecified atom stereocenters. The Hall–Kier alpha value is 1.22. The predicted molar refractivity (Wildman–Crippen MR) is 158 cm³/mol. The van der Waals surface area contributed by atoms with Crippen molar-refractivity contribution in [2.75, 3.05) is 45.4 Å². The summed E-state index contributed by atoms with van der Waals surface area (Å²) in [5.41, 5.74) is 0. The van der Waals surface area contributed by atoms with Crippen molar-refractivity contribution in [2.45, 2.75) is 129 Å². The fourth-order valence-corrected chi connectivity index (χ4v) is 112. The Bertz CT molecular complexity index is 1490. The molecule has 8 atom stereocenters. The van der Waals surface area contributed by atoms with Crippen molar-refractivity contribution in [1.82, 2.24) is 21.3 Å². The third kappa shape index (κ3) is 0.556. The molecule has 0 radical (unpaired) electrons. The number of hydrogen-bond acceptors (Lipinski definition) is 4. The fraction of sp³-hybridized carbons (Fsp3) is 1.00. The van der Waals surface area contributed by atoms with E-state index in [9.17, 15) is 0 Å². The van der Waals surface area contributed by atoms with Crippen LogP contribution in [0.15, 0.2) is 0 Å². The van der Waals surface area contributed by atoms with Gasteiger partial charge in [-0.1, -0.05) is 0 Å². The van der Waals surface area contributed by atoms with Crippen molar-refractivity contribution in [3.8, 4) is 0 Å². The van der Waals surface area contributed by atoms with Crippen LogP contribution in [-0.4, -0.2) is 73.0 Å². The maximum atomic E-state index is 4.22. The summed E-state index contributed by atoms with van der Waals surface area (Å²) < 4.78 is 1.68. The van der Waals surface area contributed by atoms with Gasteiger partial charge in [0.1, 0.15) is 0 Å². The molecule has 12 rings (SSSR count). The van der Waals surface area contributed by atoms with Gasteiger partial charge in [0, 0.05) is 0 Å². The molecule has 12 heterocycles. The van der Waals surface area contributed by atoms with Crippen molar-refractivity contribution in [3.63, 3.8) is 0 Å². The second kappa shape index (κ2) is 3.27. The molecule has 4 nitrogen and oxygen atoms in total. The van der Waals surface area contributed by atoms with Crippen LogP contribution in [0.25, 0.3) is 0 Å². The topological polar surface area (TPSA) is 48.1 Å². The Kier molecular flexibility index (Phi) is 1.93. The van der Waals surface area contributed by atoms with Crippen LogP contribution in [0, 0.1) is 0 Å². The SMILES string of the molecule is CCC(C)(C)P(C[C]12[CH]3[CH]4[CH]5[C]1(C(P)(C1CNCCN1)C1CNCCN1)[Fe]43521678[CH]2[CH]1[CH]6[CH]7[CH]28)C(C)(C)CC. The molecule has 0 aromatic carbocycles. The number of rotatable bonds is 9. The van der Waals surface area contributed by atoms with E-state index in [4.69, 9.17) is 0 Å². The van der Waals surface area contributed by atoms with Gasteiger partial charge in [-0.3, -0.25) is 0 Å². The summed E-state index contributed by atoms with van der Waals surface area (Å²) in [5, 5.41) is 17.6. The molecule has 12 saturated heterocycles. The first-order valence-electron chi connectivity index (χ1n) is 16.0. The summed E-state index contributed by atoms with van der Waals surface area (Å²) in [7, 11) is 3.82. The number of hydrogen-bond donors (Lipinski definition) is 4. The van der Waals surface area contributed by atoms with Gasteiger partial charge in [0.05, 0.1) is 0 Å². The van der Waals surface area contributed by atoms with E-state index in [0.29, 0.717) is 27.6 Å². The molecule has 37 heavy (non-hydrogen) atoms. The summed E-state index contributed by atoms with van der Waals surface area (Å²) in [4.78, 5) is 10.8. The molecule has 210 valence electrons. The van der Waals surface area contributed by atoms with Crippen LogP contribution in [0.1, 0.15) is 54.4 Å². The monoisotopic (exact) mass is 586 g/mol.